The lowest BCUT2D eigenvalue weighted by molar-refractivity contribution is 0.104. The molecule has 3 aromatic carbocycles. The van der Waals surface area contributed by atoms with Crippen molar-refractivity contribution in [3.8, 4) is 11.1 Å². The minimum absolute atomic E-state index is 0.0484. The Hall–Kier alpha value is -3.21. The van der Waals surface area contributed by atoms with E-state index in [9.17, 15) is 14.0 Å². The van der Waals surface area contributed by atoms with E-state index in [0.717, 1.165) is 0 Å². The Balaban J connectivity index is 1.98. The topological polar surface area (TPSA) is 49.9 Å². The number of aromatic amines is 1. The van der Waals surface area contributed by atoms with E-state index in [1.807, 2.05) is 30.3 Å². The molecular formula is C25H16Cl2FNO2. The second kappa shape index (κ2) is 8.50. The van der Waals surface area contributed by atoms with Gasteiger partial charge in [-0.1, -0.05) is 59.6 Å². The Morgan fingerprint density at radius 3 is 2.42 bits per heavy atom. The van der Waals surface area contributed by atoms with Crippen molar-refractivity contribution in [3.63, 3.8) is 0 Å². The van der Waals surface area contributed by atoms with E-state index >= 15 is 0 Å². The summed E-state index contributed by atoms with van der Waals surface area (Å²) in [6, 6.07) is 18.5. The van der Waals surface area contributed by atoms with E-state index in [1.54, 1.807) is 31.2 Å². The van der Waals surface area contributed by atoms with Gasteiger partial charge in [-0.15, -0.1) is 0 Å². The molecule has 31 heavy (non-hydrogen) atoms. The molecule has 0 aliphatic heterocycles. The van der Waals surface area contributed by atoms with Crippen LogP contribution in [0.2, 0.25) is 10.0 Å². The van der Waals surface area contributed by atoms with Crippen molar-refractivity contribution in [2.45, 2.75) is 6.92 Å². The van der Waals surface area contributed by atoms with Crippen LogP contribution in [-0.4, -0.2) is 10.8 Å². The molecule has 1 heterocycles. The van der Waals surface area contributed by atoms with Gasteiger partial charge >= 0.3 is 0 Å². The Morgan fingerprint density at radius 2 is 1.71 bits per heavy atom. The molecule has 154 valence electrons. The smallest absolute Gasteiger partial charge is 0.260 e. The number of pyridine rings is 1. The number of fused-ring (bicyclic) bond motifs is 1. The van der Waals surface area contributed by atoms with Gasteiger partial charge in [0, 0.05) is 27.1 Å². The number of hydrogen-bond acceptors (Lipinski definition) is 2. The summed E-state index contributed by atoms with van der Waals surface area (Å²) in [6.07, 6.45) is 1.23. The maximum atomic E-state index is 14.3. The van der Waals surface area contributed by atoms with E-state index in [1.165, 1.54) is 18.2 Å². The fourth-order valence-electron chi connectivity index (χ4n) is 3.62. The zero-order valence-electron chi connectivity index (χ0n) is 16.4. The van der Waals surface area contributed by atoms with E-state index in [-0.39, 0.29) is 16.1 Å². The Labute approximate surface area is 187 Å². The lowest BCUT2D eigenvalue weighted by Crippen LogP contribution is -2.19. The first kappa shape index (κ1) is 21.0. The predicted molar refractivity (Wildman–Crippen MR) is 124 cm³/mol. The third kappa shape index (κ3) is 4.05. The van der Waals surface area contributed by atoms with Crippen molar-refractivity contribution in [2.75, 3.05) is 0 Å². The third-order valence-electron chi connectivity index (χ3n) is 4.99. The normalized spacial score (nSPS) is 11.7. The van der Waals surface area contributed by atoms with Gasteiger partial charge in [-0.25, -0.2) is 4.39 Å². The number of aromatic nitrogens is 1. The van der Waals surface area contributed by atoms with Crippen molar-refractivity contribution >= 4 is 45.5 Å². The fourth-order valence-corrected chi connectivity index (χ4v) is 4.10. The van der Waals surface area contributed by atoms with Gasteiger partial charge in [0.05, 0.1) is 10.6 Å². The molecule has 0 saturated heterocycles. The third-order valence-corrected chi connectivity index (χ3v) is 5.54. The molecule has 4 rings (SSSR count). The molecule has 3 nitrogen and oxygen atoms in total. The molecule has 0 spiro atoms. The highest BCUT2D eigenvalue weighted by Gasteiger charge is 2.21. The van der Waals surface area contributed by atoms with Gasteiger partial charge in [0.2, 0.25) is 0 Å². The average molecular weight is 452 g/mol. The quantitative estimate of drug-likeness (QED) is 0.270. The number of halogens is 3. The predicted octanol–water partition coefficient (Wildman–Crippen LogP) is 6.93. The second-order valence-electron chi connectivity index (χ2n) is 7.05. The van der Waals surface area contributed by atoms with E-state index in [2.05, 4.69) is 4.98 Å². The summed E-state index contributed by atoms with van der Waals surface area (Å²) in [7, 11) is 0. The highest BCUT2D eigenvalue weighted by molar-refractivity contribution is 6.33. The molecule has 0 bridgehead atoms. The fraction of sp³-hybridized carbons (Fsp3) is 0.0400. The lowest BCUT2D eigenvalue weighted by Gasteiger charge is -2.12. The number of ketones is 1. The zero-order chi connectivity index (χ0) is 22.1. The molecule has 0 atom stereocenters. The number of allylic oxidation sites excluding steroid dienone is 2. The van der Waals surface area contributed by atoms with Crippen LogP contribution in [0.25, 0.3) is 27.6 Å². The summed E-state index contributed by atoms with van der Waals surface area (Å²) in [4.78, 5) is 29.0. The van der Waals surface area contributed by atoms with Crippen LogP contribution in [0.3, 0.4) is 0 Å². The van der Waals surface area contributed by atoms with Crippen molar-refractivity contribution in [2.24, 2.45) is 0 Å². The molecular weight excluding hydrogens is 436 g/mol. The van der Waals surface area contributed by atoms with Crippen molar-refractivity contribution in [1.29, 1.82) is 0 Å². The van der Waals surface area contributed by atoms with Gasteiger partial charge in [0.1, 0.15) is 5.82 Å². The number of carbonyl (C=O) groups is 1. The summed E-state index contributed by atoms with van der Waals surface area (Å²) in [6.45, 7) is 1.58. The molecule has 0 radical (unpaired) electrons. The Kier molecular flexibility index (Phi) is 5.77. The van der Waals surface area contributed by atoms with Crippen LogP contribution < -0.4 is 5.56 Å². The van der Waals surface area contributed by atoms with Crippen molar-refractivity contribution in [1.82, 2.24) is 4.98 Å². The van der Waals surface area contributed by atoms with Crippen molar-refractivity contribution < 1.29 is 9.18 Å². The monoisotopic (exact) mass is 451 g/mol. The molecule has 0 saturated carbocycles. The summed E-state index contributed by atoms with van der Waals surface area (Å²) in [5, 5.41) is 1.29. The maximum absolute atomic E-state index is 14.3. The number of benzene rings is 3. The zero-order valence-corrected chi connectivity index (χ0v) is 17.9. The number of carbonyl (C=O) groups excluding carboxylic acids is 1. The Morgan fingerprint density at radius 1 is 0.968 bits per heavy atom. The number of nitrogens with one attached hydrogen (secondary N) is 1. The minimum atomic E-state index is -0.557. The van der Waals surface area contributed by atoms with Crippen LogP contribution in [0.1, 0.15) is 22.8 Å². The van der Waals surface area contributed by atoms with E-state index in [4.69, 9.17) is 23.2 Å². The molecule has 0 aliphatic rings. The standard InChI is InChI=1S/C25H16Cl2FNO2/c1-14(22-18(27)8-5-9-19(22)28)12-21(30)24-23(15-6-3-2-4-7-15)17-13-16(26)10-11-20(17)29-25(24)31/h2-13H,1H3,(H,29,31)/b14-12+. The number of H-pyrrole nitrogens is 1. The highest BCUT2D eigenvalue weighted by atomic mass is 35.5. The van der Waals surface area contributed by atoms with Gasteiger partial charge in [-0.2, -0.15) is 0 Å². The molecule has 0 unspecified atom stereocenters. The average Bonchev–Trinajstić information content (AvgIpc) is 2.73. The summed E-state index contributed by atoms with van der Waals surface area (Å²) in [5.41, 5.74) is 1.57. The summed E-state index contributed by atoms with van der Waals surface area (Å²) < 4.78 is 14.3. The van der Waals surface area contributed by atoms with Gasteiger partial charge in [0.15, 0.2) is 5.78 Å². The van der Waals surface area contributed by atoms with Gasteiger partial charge < -0.3 is 4.98 Å². The highest BCUT2D eigenvalue weighted by Crippen LogP contribution is 2.32. The summed E-state index contributed by atoms with van der Waals surface area (Å²) in [5.74, 6) is -1.10. The largest absolute Gasteiger partial charge is 0.321 e. The van der Waals surface area contributed by atoms with E-state index in [0.29, 0.717) is 32.6 Å². The number of rotatable bonds is 4. The van der Waals surface area contributed by atoms with Crippen molar-refractivity contribution in [3.05, 3.63) is 110 Å². The molecule has 0 aliphatic carbocycles. The summed E-state index contributed by atoms with van der Waals surface area (Å²) >= 11 is 12.3. The molecule has 1 N–H and O–H groups in total. The minimum Gasteiger partial charge on any atom is -0.321 e. The first-order chi connectivity index (χ1) is 14.9. The molecule has 6 heteroatoms. The molecule has 4 aromatic rings. The second-order valence-corrected chi connectivity index (χ2v) is 7.89. The van der Waals surface area contributed by atoms with Crippen LogP contribution in [-0.2, 0) is 0 Å². The maximum Gasteiger partial charge on any atom is 0.260 e. The van der Waals surface area contributed by atoms with Crippen LogP contribution >= 0.6 is 23.2 Å². The SMILES string of the molecule is C/C(=C\C(=O)c1c(-c2ccccc2)c2cc(Cl)ccc2[nH]c1=O)c1c(F)cccc1Cl. The van der Waals surface area contributed by atoms with Crippen LogP contribution in [0, 0.1) is 5.82 Å². The first-order valence-corrected chi connectivity index (χ1v) is 10.2. The van der Waals surface area contributed by atoms with E-state index < -0.39 is 17.2 Å². The van der Waals surface area contributed by atoms with Gasteiger partial charge in [-0.3, -0.25) is 9.59 Å². The Bertz CT molecular complexity index is 1390. The van der Waals surface area contributed by atoms with Crippen LogP contribution in [0.15, 0.2) is 77.6 Å². The van der Waals surface area contributed by atoms with Crippen LogP contribution in [0.5, 0.6) is 0 Å². The first-order valence-electron chi connectivity index (χ1n) is 9.45. The molecule has 1 aromatic heterocycles. The van der Waals surface area contributed by atoms with Gasteiger partial charge in [-0.05, 0) is 54.5 Å². The number of hydrogen-bond donors (Lipinski definition) is 1. The molecule has 0 amide bonds. The molecule has 0 fully saturated rings. The van der Waals surface area contributed by atoms with Gasteiger partial charge in [0.25, 0.3) is 5.56 Å². The lowest BCUT2D eigenvalue weighted by atomic mass is 9.93. The van der Waals surface area contributed by atoms with Crippen LogP contribution in [0.4, 0.5) is 4.39 Å².